The lowest BCUT2D eigenvalue weighted by Crippen LogP contribution is -2.53. The van der Waals surface area contributed by atoms with E-state index in [1.807, 2.05) is 24.3 Å². The van der Waals surface area contributed by atoms with Gasteiger partial charge in [0.05, 0.1) is 14.1 Å². The van der Waals surface area contributed by atoms with E-state index >= 15 is 0 Å². The number of benzene rings is 2. The van der Waals surface area contributed by atoms with Gasteiger partial charge in [-0.15, -0.1) is 0 Å². The van der Waals surface area contributed by atoms with E-state index in [0.717, 1.165) is 38.0 Å². The van der Waals surface area contributed by atoms with Crippen LogP contribution in [-0.4, -0.2) is 43.3 Å². The first-order chi connectivity index (χ1) is 17.4. The van der Waals surface area contributed by atoms with E-state index in [4.69, 9.17) is 9.47 Å². The molecule has 0 bridgehead atoms. The monoisotopic (exact) mass is 496 g/mol. The summed E-state index contributed by atoms with van der Waals surface area (Å²) in [4.78, 5) is 13.2. The number of nitrogens with zero attached hydrogens (tertiary/aromatic N) is 1. The van der Waals surface area contributed by atoms with Crippen LogP contribution in [0.2, 0.25) is 0 Å². The maximum absolute atomic E-state index is 13.2. The number of carbonyl (C=O) groups is 1. The van der Waals surface area contributed by atoms with Gasteiger partial charge < -0.3 is 14.0 Å². The van der Waals surface area contributed by atoms with Gasteiger partial charge in [-0.1, -0.05) is 95.3 Å². The van der Waals surface area contributed by atoms with Gasteiger partial charge in [0.2, 0.25) is 0 Å². The molecule has 0 radical (unpaired) electrons. The summed E-state index contributed by atoms with van der Waals surface area (Å²) in [5.74, 6) is 0.739. The average molecular weight is 497 g/mol. The predicted molar refractivity (Wildman–Crippen MR) is 150 cm³/mol. The molecule has 0 N–H and O–H groups in total. The van der Waals surface area contributed by atoms with E-state index in [-0.39, 0.29) is 24.7 Å². The van der Waals surface area contributed by atoms with Gasteiger partial charge in [-0.05, 0) is 43.4 Å². The molecule has 0 aromatic heterocycles. The van der Waals surface area contributed by atoms with Crippen LogP contribution in [0.25, 0.3) is 0 Å². The molecule has 4 nitrogen and oxygen atoms in total. The van der Waals surface area contributed by atoms with Crippen LogP contribution in [0.1, 0.15) is 89.7 Å². The predicted octanol–water partition coefficient (Wildman–Crippen LogP) is 7.74. The molecule has 0 saturated heterocycles. The second kappa shape index (κ2) is 16.4. The normalized spacial score (nSPS) is 13.2. The van der Waals surface area contributed by atoms with Crippen molar-refractivity contribution in [3.8, 4) is 5.75 Å². The van der Waals surface area contributed by atoms with Gasteiger partial charge in [0.1, 0.15) is 25.0 Å². The van der Waals surface area contributed by atoms with Crippen LogP contribution in [0, 0.1) is 0 Å². The van der Waals surface area contributed by atoms with Gasteiger partial charge >= 0.3 is 5.97 Å². The van der Waals surface area contributed by atoms with E-state index in [2.05, 4.69) is 65.2 Å². The van der Waals surface area contributed by atoms with Crippen molar-refractivity contribution in [2.75, 3.05) is 20.7 Å². The summed E-state index contributed by atoms with van der Waals surface area (Å²) in [6.07, 6.45) is 11.3. The summed E-state index contributed by atoms with van der Waals surface area (Å²) in [5, 5.41) is 0. The number of quaternary nitrogens is 1. The van der Waals surface area contributed by atoms with Crippen LogP contribution < -0.4 is 4.74 Å². The average Bonchev–Trinajstić information content (AvgIpc) is 2.87. The van der Waals surface area contributed by atoms with Gasteiger partial charge in [0, 0.05) is 12.0 Å². The van der Waals surface area contributed by atoms with E-state index in [1.165, 1.54) is 49.7 Å². The zero-order valence-corrected chi connectivity index (χ0v) is 23.5. The SMILES string of the molecule is CCCCCCCCc1cccc(OC(CC)COC(=O)C(CCC)[N+](C)(C)Cc2ccccc2)c1. The minimum absolute atomic E-state index is 0.128. The lowest BCUT2D eigenvalue weighted by molar-refractivity contribution is -0.920. The molecule has 0 saturated carbocycles. The molecular formula is C32H50NO3+. The van der Waals surface area contributed by atoms with Crippen molar-refractivity contribution in [2.24, 2.45) is 0 Å². The third kappa shape index (κ3) is 10.7. The molecule has 0 spiro atoms. The highest BCUT2D eigenvalue weighted by atomic mass is 16.6. The first-order valence-electron chi connectivity index (χ1n) is 14.2. The Labute approximate surface area is 220 Å². The van der Waals surface area contributed by atoms with E-state index < -0.39 is 0 Å². The molecule has 2 aromatic carbocycles. The van der Waals surface area contributed by atoms with Crippen molar-refractivity contribution in [3.05, 3.63) is 65.7 Å². The smallest absolute Gasteiger partial charge is 0.365 e. The molecule has 4 heteroatoms. The first-order valence-corrected chi connectivity index (χ1v) is 14.2. The number of hydrogen-bond acceptors (Lipinski definition) is 3. The van der Waals surface area contributed by atoms with Gasteiger partial charge in [-0.3, -0.25) is 0 Å². The summed E-state index contributed by atoms with van der Waals surface area (Å²) in [7, 11) is 4.25. The van der Waals surface area contributed by atoms with E-state index in [0.29, 0.717) is 4.48 Å². The summed E-state index contributed by atoms with van der Waals surface area (Å²) in [6, 6.07) is 18.6. The number of unbranched alkanes of at least 4 members (excludes halogenated alkanes) is 5. The largest absolute Gasteiger partial charge is 0.487 e. The number of esters is 1. The molecule has 0 aliphatic carbocycles. The van der Waals surface area contributed by atoms with Gasteiger partial charge in [-0.25, -0.2) is 4.79 Å². The van der Waals surface area contributed by atoms with Gasteiger partial charge in [0.15, 0.2) is 6.04 Å². The summed E-state index contributed by atoms with van der Waals surface area (Å²) >= 11 is 0. The zero-order chi connectivity index (χ0) is 26.2. The number of rotatable bonds is 18. The van der Waals surface area contributed by atoms with Crippen molar-refractivity contribution in [1.29, 1.82) is 0 Å². The lowest BCUT2D eigenvalue weighted by Gasteiger charge is -2.36. The molecule has 2 unspecified atom stereocenters. The van der Waals surface area contributed by atoms with Crippen LogP contribution in [0.3, 0.4) is 0 Å². The second-order valence-corrected chi connectivity index (χ2v) is 10.7. The quantitative estimate of drug-likeness (QED) is 0.120. The van der Waals surface area contributed by atoms with E-state index in [9.17, 15) is 4.79 Å². The van der Waals surface area contributed by atoms with Crippen molar-refractivity contribution in [3.63, 3.8) is 0 Å². The minimum atomic E-state index is -0.201. The summed E-state index contributed by atoms with van der Waals surface area (Å²) in [5.41, 5.74) is 2.55. The Kier molecular flexibility index (Phi) is 13.6. The first kappa shape index (κ1) is 29.9. The van der Waals surface area contributed by atoms with Crippen LogP contribution in [0.5, 0.6) is 5.75 Å². The van der Waals surface area contributed by atoms with Gasteiger partial charge in [0.25, 0.3) is 0 Å². The number of aryl methyl sites for hydroxylation is 1. The number of hydrogen-bond donors (Lipinski definition) is 0. The Morgan fingerprint density at radius 3 is 2.22 bits per heavy atom. The van der Waals surface area contributed by atoms with Crippen molar-refractivity contribution < 1.29 is 18.8 Å². The molecule has 0 aliphatic rings. The minimum Gasteiger partial charge on any atom is -0.487 e. The number of likely N-dealkylation sites (N-methyl/N-ethyl adjacent to an activating group) is 1. The maximum Gasteiger partial charge on any atom is 0.365 e. The fraction of sp³-hybridized carbons (Fsp3) is 0.594. The molecule has 0 amide bonds. The fourth-order valence-corrected chi connectivity index (χ4v) is 4.77. The molecule has 36 heavy (non-hydrogen) atoms. The fourth-order valence-electron chi connectivity index (χ4n) is 4.77. The number of ether oxygens (including phenoxy) is 2. The van der Waals surface area contributed by atoms with Crippen LogP contribution >= 0.6 is 0 Å². The molecular weight excluding hydrogens is 446 g/mol. The molecule has 200 valence electrons. The van der Waals surface area contributed by atoms with E-state index in [1.54, 1.807) is 0 Å². The molecule has 2 rings (SSSR count). The topological polar surface area (TPSA) is 35.5 Å². The maximum atomic E-state index is 13.2. The third-order valence-electron chi connectivity index (χ3n) is 7.00. The number of carbonyl (C=O) groups excluding carboxylic acids is 1. The van der Waals surface area contributed by atoms with Crippen molar-refractivity contribution >= 4 is 5.97 Å². The standard InChI is InChI=1S/C32H50NO3/c1-6-9-10-11-12-14-19-27-22-17-23-30(24-27)36-29(8-3)26-35-32(34)31(18-7-2)33(4,5)25-28-20-15-13-16-21-28/h13,15-17,20-24,29,31H,6-12,14,18-19,25-26H2,1-5H3/q+1. The Balaban J connectivity index is 1.89. The molecule has 0 heterocycles. The Hall–Kier alpha value is -2.33. The highest BCUT2D eigenvalue weighted by molar-refractivity contribution is 5.74. The van der Waals surface area contributed by atoms with Crippen LogP contribution in [0.4, 0.5) is 0 Å². The third-order valence-corrected chi connectivity index (χ3v) is 7.00. The lowest BCUT2D eigenvalue weighted by atomic mass is 10.0. The highest BCUT2D eigenvalue weighted by Crippen LogP contribution is 2.21. The summed E-state index contributed by atoms with van der Waals surface area (Å²) in [6.45, 7) is 7.53. The summed E-state index contributed by atoms with van der Waals surface area (Å²) < 4.78 is 12.7. The molecule has 2 atom stereocenters. The molecule has 0 fully saturated rings. The van der Waals surface area contributed by atoms with Crippen molar-refractivity contribution in [1.82, 2.24) is 0 Å². The molecule has 0 aliphatic heterocycles. The van der Waals surface area contributed by atoms with Gasteiger partial charge in [-0.2, -0.15) is 0 Å². The Bertz CT molecular complexity index is 865. The van der Waals surface area contributed by atoms with Crippen molar-refractivity contribution in [2.45, 2.75) is 104 Å². The Morgan fingerprint density at radius 1 is 0.833 bits per heavy atom. The molecule has 2 aromatic rings. The van der Waals surface area contributed by atoms with Crippen LogP contribution in [0.15, 0.2) is 54.6 Å². The zero-order valence-electron chi connectivity index (χ0n) is 23.5. The van der Waals surface area contributed by atoms with Crippen LogP contribution in [-0.2, 0) is 22.5 Å². The Morgan fingerprint density at radius 2 is 1.53 bits per heavy atom. The highest BCUT2D eigenvalue weighted by Gasteiger charge is 2.36. The second-order valence-electron chi connectivity index (χ2n) is 10.7.